The summed E-state index contributed by atoms with van der Waals surface area (Å²) in [5.74, 6) is -0.217. The topological polar surface area (TPSA) is 94.2 Å². The van der Waals surface area contributed by atoms with E-state index in [1.807, 2.05) is 5.38 Å². The predicted molar refractivity (Wildman–Crippen MR) is 93.6 cm³/mol. The first-order valence-corrected chi connectivity index (χ1v) is 8.57. The number of fused-ring (bicyclic) bond motifs is 3. The van der Waals surface area contributed by atoms with Gasteiger partial charge in [-0.25, -0.2) is 14.5 Å². The molecular formula is C16H14N6O2S. The van der Waals surface area contributed by atoms with Crippen LogP contribution in [0.1, 0.15) is 5.01 Å². The summed E-state index contributed by atoms with van der Waals surface area (Å²) in [7, 11) is 0. The van der Waals surface area contributed by atoms with Gasteiger partial charge >= 0.3 is 0 Å². The SMILES string of the molecule is O=C(Cn1ccc2c(cnc3ccnn32)c1=O)NCCc1nccs1. The van der Waals surface area contributed by atoms with Crippen molar-refractivity contribution < 1.29 is 4.79 Å². The van der Waals surface area contributed by atoms with Crippen LogP contribution in [0.5, 0.6) is 0 Å². The number of nitrogens with one attached hydrogen (secondary N) is 1. The average Bonchev–Trinajstić information content (AvgIpc) is 3.28. The molecule has 0 spiro atoms. The first-order chi connectivity index (χ1) is 12.2. The number of hydrogen-bond acceptors (Lipinski definition) is 6. The van der Waals surface area contributed by atoms with Crippen LogP contribution in [-0.4, -0.2) is 36.6 Å². The highest BCUT2D eigenvalue weighted by molar-refractivity contribution is 7.09. The fourth-order valence-corrected chi connectivity index (χ4v) is 3.24. The molecule has 0 bridgehead atoms. The van der Waals surface area contributed by atoms with Gasteiger partial charge in [0.05, 0.1) is 22.1 Å². The zero-order valence-electron chi connectivity index (χ0n) is 13.1. The number of thiazole rings is 1. The molecule has 0 fully saturated rings. The van der Waals surface area contributed by atoms with Crippen LogP contribution in [0.4, 0.5) is 0 Å². The largest absolute Gasteiger partial charge is 0.354 e. The number of hydrogen-bond donors (Lipinski definition) is 1. The van der Waals surface area contributed by atoms with Gasteiger partial charge in [-0.15, -0.1) is 11.3 Å². The minimum Gasteiger partial charge on any atom is -0.354 e. The van der Waals surface area contributed by atoms with Gasteiger partial charge in [-0.05, 0) is 6.07 Å². The minimum absolute atomic E-state index is 0.0379. The Morgan fingerprint density at radius 2 is 2.16 bits per heavy atom. The van der Waals surface area contributed by atoms with Crippen LogP contribution in [0, 0.1) is 0 Å². The van der Waals surface area contributed by atoms with Crippen LogP contribution >= 0.6 is 11.3 Å². The minimum atomic E-state index is -0.266. The molecule has 8 nitrogen and oxygen atoms in total. The molecule has 0 saturated carbocycles. The Morgan fingerprint density at radius 3 is 3.00 bits per heavy atom. The maximum absolute atomic E-state index is 12.6. The van der Waals surface area contributed by atoms with Crippen molar-refractivity contribution in [2.45, 2.75) is 13.0 Å². The first kappa shape index (κ1) is 15.5. The molecule has 0 aliphatic heterocycles. The van der Waals surface area contributed by atoms with Crippen LogP contribution in [-0.2, 0) is 17.8 Å². The second-order valence-corrected chi connectivity index (χ2v) is 6.41. The van der Waals surface area contributed by atoms with Crippen molar-refractivity contribution in [2.24, 2.45) is 0 Å². The molecule has 0 aromatic carbocycles. The lowest BCUT2D eigenvalue weighted by atomic mass is 10.3. The molecule has 0 radical (unpaired) electrons. The van der Waals surface area contributed by atoms with Crippen molar-refractivity contribution >= 4 is 33.8 Å². The average molecular weight is 354 g/mol. The summed E-state index contributed by atoms with van der Waals surface area (Å²) in [6.07, 6.45) is 7.17. The third kappa shape index (κ3) is 3.01. The van der Waals surface area contributed by atoms with E-state index < -0.39 is 0 Å². The van der Waals surface area contributed by atoms with E-state index in [-0.39, 0.29) is 18.0 Å². The number of rotatable bonds is 5. The van der Waals surface area contributed by atoms with Crippen molar-refractivity contribution in [2.75, 3.05) is 6.54 Å². The van der Waals surface area contributed by atoms with Crippen molar-refractivity contribution in [3.8, 4) is 0 Å². The highest BCUT2D eigenvalue weighted by atomic mass is 32.1. The van der Waals surface area contributed by atoms with Crippen LogP contribution < -0.4 is 10.9 Å². The fraction of sp³-hybridized carbons (Fsp3) is 0.188. The smallest absolute Gasteiger partial charge is 0.262 e. The number of pyridine rings is 1. The summed E-state index contributed by atoms with van der Waals surface area (Å²) in [4.78, 5) is 33.0. The van der Waals surface area contributed by atoms with Gasteiger partial charge in [0.1, 0.15) is 6.54 Å². The summed E-state index contributed by atoms with van der Waals surface area (Å²) >= 11 is 1.55. The number of carbonyl (C=O) groups excluding carboxylic acids is 1. The molecule has 4 heterocycles. The molecular weight excluding hydrogens is 340 g/mol. The third-order valence-corrected chi connectivity index (χ3v) is 4.65. The number of nitrogens with zero attached hydrogens (tertiary/aromatic N) is 5. The molecule has 0 atom stereocenters. The van der Waals surface area contributed by atoms with Gasteiger partial charge in [-0.2, -0.15) is 5.10 Å². The summed E-state index contributed by atoms with van der Waals surface area (Å²) < 4.78 is 2.98. The molecule has 1 N–H and O–H groups in total. The van der Waals surface area contributed by atoms with E-state index in [0.717, 1.165) is 5.01 Å². The monoisotopic (exact) mass is 354 g/mol. The van der Waals surface area contributed by atoms with Crippen molar-refractivity contribution in [3.63, 3.8) is 0 Å². The second kappa shape index (κ2) is 6.44. The zero-order chi connectivity index (χ0) is 17.2. The number of aromatic nitrogens is 5. The zero-order valence-corrected chi connectivity index (χ0v) is 13.9. The van der Waals surface area contributed by atoms with E-state index in [0.29, 0.717) is 29.5 Å². The lowest BCUT2D eigenvalue weighted by molar-refractivity contribution is -0.121. The maximum Gasteiger partial charge on any atom is 0.262 e. The Bertz CT molecular complexity index is 1100. The summed E-state index contributed by atoms with van der Waals surface area (Å²) in [5, 5.41) is 10.3. The lowest BCUT2D eigenvalue weighted by Gasteiger charge is -2.08. The van der Waals surface area contributed by atoms with Crippen LogP contribution in [0.15, 0.2) is 47.1 Å². The van der Waals surface area contributed by atoms with Gasteiger partial charge in [0, 0.05) is 43.0 Å². The quantitative estimate of drug-likeness (QED) is 0.574. The Balaban J connectivity index is 1.51. The number of carbonyl (C=O) groups is 1. The summed E-state index contributed by atoms with van der Waals surface area (Å²) in [5.41, 5.74) is 1.07. The van der Waals surface area contributed by atoms with Gasteiger partial charge in [-0.3, -0.25) is 9.59 Å². The normalized spacial score (nSPS) is 11.2. The Kier molecular flexibility index (Phi) is 3.98. The Hall–Kier alpha value is -3.07. The molecule has 0 aliphatic carbocycles. The number of amides is 1. The first-order valence-electron chi connectivity index (χ1n) is 7.69. The molecule has 0 saturated heterocycles. The molecule has 126 valence electrons. The van der Waals surface area contributed by atoms with E-state index in [2.05, 4.69) is 20.4 Å². The third-order valence-electron chi connectivity index (χ3n) is 3.81. The van der Waals surface area contributed by atoms with E-state index >= 15 is 0 Å². The fourth-order valence-electron chi connectivity index (χ4n) is 2.62. The van der Waals surface area contributed by atoms with E-state index in [4.69, 9.17) is 0 Å². The molecule has 0 unspecified atom stereocenters. The molecule has 4 aromatic rings. The van der Waals surface area contributed by atoms with Gasteiger partial charge in [0.2, 0.25) is 5.91 Å². The van der Waals surface area contributed by atoms with E-state index in [1.54, 1.807) is 46.6 Å². The maximum atomic E-state index is 12.6. The van der Waals surface area contributed by atoms with Crippen molar-refractivity contribution in [1.29, 1.82) is 0 Å². The van der Waals surface area contributed by atoms with Gasteiger partial charge in [0.15, 0.2) is 5.65 Å². The molecule has 4 rings (SSSR count). The van der Waals surface area contributed by atoms with E-state index in [1.165, 1.54) is 10.8 Å². The summed E-state index contributed by atoms with van der Waals surface area (Å²) in [6.45, 7) is 0.452. The van der Waals surface area contributed by atoms with Gasteiger partial charge in [-0.1, -0.05) is 0 Å². The highest BCUT2D eigenvalue weighted by Crippen LogP contribution is 2.10. The van der Waals surface area contributed by atoms with Gasteiger partial charge < -0.3 is 9.88 Å². The standard InChI is InChI=1S/C16H14N6O2S/c23-14(17-4-2-15-18-6-8-25-15)10-21-7-3-12-11(16(21)24)9-19-13-1-5-20-22(12)13/h1,3,5-9H,2,4,10H2,(H,17,23). The van der Waals surface area contributed by atoms with E-state index in [9.17, 15) is 9.59 Å². The molecule has 1 amide bonds. The van der Waals surface area contributed by atoms with Crippen LogP contribution in [0.2, 0.25) is 0 Å². The molecule has 4 aromatic heterocycles. The Morgan fingerprint density at radius 1 is 1.24 bits per heavy atom. The predicted octanol–water partition coefficient (Wildman–Crippen LogP) is 0.860. The van der Waals surface area contributed by atoms with Crippen LogP contribution in [0.3, 0.4) is 0 Å². The lowest BCUT2D eigenvalue weighted by Crippen LogP contribution is -2.33. The van der Waals surface area contributed by atoms with Crippen molar-refractivity contribution in [1.82, 2.24) is 29.5 Å². The summed E-state index contributed by atoms with van der Waals surface area (Å²) in [6, 6.07) is 3.53. The second-order valence-electron chi connectivity index (χ2n) is 5.43. The van der Waals surface area contributed by atoms with Gasteiger partial charge in [0.25, 0.3) is 5.56 Å². The molecule has 25 heavy (non-hydrogen) atoms. The van der Waals surface area contributed by atoms with Crippen LogP contribution in [0.25, 0.3) is 16.6 Å². The van der Waals surface area contributed by atoms with Crippen molar-refractivity contribution in [3.05, 3.63) is 57.7 Å². The molecule has 9 heteroatoms. The highest BCUT2D eigenvalue weighted by Gasteiger charge is 2.10. The molecule has 0 aliphatic rings. The Labute approximate surface area is 145 Å².